The molecule has 3 aromatic rings. The number of hydrogen-bond acceptors (Lipinski definition) is 3. The van der Waals surface area contributed by atoms with Crippen molar-refractivity contribution in [2.75, 3.05) is 26.7 Å². The fourth-order valence-electron chi connectivity index (χ4n) is 3.90. The molecular weight excluding hydrogens is 487 g/mol. The number of pyridine rings is 1. The maximum atomic E-state index is 5.95. The lowest BCUT2D eigenvalue weighted by Crippen LogP contribution is -2.40. The molecule has 1 aliphatic rings. The first kappa shape index (κ1) is 22.5. The lowest BCUT2D eigenvalue weighted by atomic mass is 10.1. The van der Waals surface area contributed by atoms with Gasteiger partial charge in [0.05, 0.1) is 25.5 Å². The third-order valence-corrected chi connectivity index (χ3v) is 5.43. The first-order valence-corrected chi connectivity index (χ1v) is 10.2. The second-order valence-electron chi connectivity index (χ2n) is 7.48. The minimum atomic E-state index is 0. The summed E-state index contributed by atoms with van der Waals surface area (Å²) in [4.78, 5) is 11.4. The van der Waals surface area contributed by atoms with E-state index in [2.05, 4.69) is 68.7 Å². The Bertz CT molecular complexity index is 958. The third-order valence-electron chi connectivity index (χ3n) is 5.43. The highest BCUT2D eigenvalue weighted by atomic mass is 127. The lowest BCUT2D eigenvalue weighted by Gasteiger charge is -2.22. The number of likely N-dealkylation sites (tertiary alicyclic amines) is 1. The Morgan fingerprint density at radius 2 is 1.93 bits per heavy atom. The maximum Gasteiger partial charge on any atom is 0.193 e. The van der Waals surface area contributed by atoms with Crippen molar-refractivity contribution in [3.8, 4) is 0 Å². The second kappa shape index (κ2) is 11.3. The number of aliphatic imine (C=N–C) groups is 1. The van der Waals surface area contributed by atoms with Gasteiger partial charge in [-0.05, 0) is 23.4 Å². The standard InChI is InChI=1S/C24H28N4O.HI/c1-25-24(27-15-23-22-10-6-5-9-21(22)11-13-26-23)28-14-12-20(16-28)18-29-17-19-7-3-2-4-8-19;/h2-11,13,20H,12,14-18H2,1H3,(H,25,27);1H. The zero-order valence-corrected chi connectivity index (χ0v) is 19.7. The molecule has 1 atom stereocenters. The molecule has 1 fully saturated rings. The van der Waals surface area contributed by atoms with Crippen LogP contribution in [0.3, 0.4) is 0 Å². The van der Waals surface area contributed by atoms with Crippen LogP contribution in [0, 0.1) is 5.92 Å². The number of nitrogens with zero attached hydrogens (tertiary/aromatic N) is 3. The highest BCUT2D eigenvalue weighted by Gasteiger charge is 2.25. The van der Waals surface area contributed by atoms with E-state index in [0.717, 1.165) is 37.8 Å². The van der Waals surface area contributed by atoms with E-state index in [1.54, 1.807) is 0 Å². The molecular formula is C24H29IN4O. The van der Waals surface area contributed by atoms with E-state index in [1.165, 1.54) is 16.3 Å². The van der Waals surface area contributed by atoms with Crippen LogP contribution in [0.1, 0.15) is 17.7 Å². The molecule has 4 rings (SSSR count). The van der Waals surface area contributed by atoms with Crippen molar-refractivity contribution in [3.63, 3.8) is 0 Å². The zero-order valence-electron chi connectivity index (χ0n) is 17.3. The normalized spacial score (nSPS) is 16.5. The summed E-state index contributed by atoms with van der Waals surface area (Å²) >= 11 is 0. The summed E-state index contributed by atoms with van der Waals surface area (Å²) in [6, 6.07) is 20.8. The van der Waals surface area contributed by atoms with E-state index in [9.17, 15) is 0 Å². The average molecular weight is 516 g/mol. The number of aromatic nitrogens is 1. The highest BCUT2D eigenvalue weighted by Crippen LogP contribution is 2.19. The number of benzene rings is 2. The van der Waals surface area contributed by atoms with Gasteiger partial charge in [0.25, 0.3) is 0 Å². The van der Waals surface area contributed by atoms with Crippen LogP contribution in [0.5, 0.6) is 0 Å². The van der Waals surface area contributed by atoms with Gasteiger partial charge in [0.2, 0.25) is 0 Å². The van der Waals surface area contributed by atoms with Gasteiger partial charge in [0.15, 0.2) is 5.96 Å². The summed E-state index contributed by atoms with van der Waals surface area (Å²) in [5.41, 5.74) is 2.27. The smallest absolute Gasteiger partial charge is 0.193 e. The molecule has 0 saturated carbocycles. The molecule has 0 bridgehead atoms. The van der Waals surface area contributed by atoms with Gasteiger partial charge < -0.3 is 15.0 Å². The predicted octanol–water partition coefficient (Wildman–Crippen LogP) is 4.47. The third kappa shape index (κ3) is 5.70. The number of guanidine groups is 1. The van der Waals surface area contributed by atoms with Crippen LogP contribution < -0.4 is 5.32 Å². The Balaban J connectivity index is 0.00000256. The van der Waals surface area contributed by atoms with Crippen molar-refractivity contribution >= 4 is 40.7 Å². The molecule has 1 aliphatic heterocycles. The molecule has 0 amide bonds. The van der Waals surface area contributed by atoms with E-state index in [-0.39, 0.29) is 24.0 Å². The van der Waals surface area contributed by atoms with E-state index in [0.29, 0.717) is 19.1 Å². The monoisotopic (exact) mass is 516 g/mol. The Morgan fingerprint density at radius 3 is 2.77 bits per heavy atom. The number of halogens is 1. The minimum absolute atomic E-state index is 0. The van der Waals surface area contributed by atoms with E-state index in [1.807, 2.05) is 25.4 Å². The van der Waals surface area contributed by atoms with Gasteiger partial charge >= 0.3 is 0 Å². The van der Waals surface area contributed by atoms with Gasteiger partial charge in [0, 0.05) is 37.6 Å². The van der Waals surface area contributed by atoms with Gasteiger partial charge in [-0.15, -0.1) is 24.0 Å². The largest absolute Gasteiger partial charge is 0.376 e. The van der Waals surface area contributed by atoms with Crippen molar-refractivity contribution in [3.05, 3.63) is 78.1 Å². The van der Waals surface area contributed by atoms with Crippen LogP contribution in [0.2, 0.25) is 0 Å². The van der Waals surface area contributed by atoms with Gasteiger partial charge in [-0.3, -0.25) is 9.98 Å². The summed E-state index contributed by atoms with van der Waals surface area (Å²) in [7, 11) is 1.85. The molecule has 0 aliphatic carbocycles. The van der Waals surface area contributed by atoms with Crippen molar-refractivity contribution < 1.29 is 4.74 Å². The molecule has 2 aromatic carbocycles. The molecule has 1 N–H and O–H groups in total. The molecule has 1 saturated heterocycles. The van der Waals surface area contributed by atoms with Gasteiger partial charge in [0.1, 0.15) is 0 Å². The summed E-state index contributed by atoms with van der Waals surface area (Å²) in [6.45, 7) is 4.10. The molecule has 0 radical (unpaired) electrons. The van der Waals surface area contributed by atoms with E-state index < -0.39 is 0 Å². The topological polar surface area (TPSA) is 49.8 Å². The van der Waals surface area contributed by atoms with Crippen LogP contribution >= 0.6 is 24.0 Å². The van der Waals surface area contributed by atoms with Gasteiger partial charge in [-0.1, -0.05) is 54.6 Å². The molecule has 0 spiro atoms. The lowest BCUT2D eigenvalue weighted by molar-refractivity contribution is 0.0906. The number of hydrogen-bond donors (Lipinski definition) is 1. The van der Waals surface area contributed by atoms with Crippen LogP contribution in [-0.2, 0) is 17.9 Å². The van der Waals surface area contributed by atoms with Crippen molar-refractivity contribution in [2.24, 2.45) is 10.9 Å². The van der Waals surface area contributed by atoms with Crippen LogP contribution in [0.25, 0.3) is 10.8 Å². The number of rotatable bonds is 6. The van der Waals surface area contributed by atoms with Crippen LogP contribution in [0.4, 0.5) is 0 Å². The summed E-state index contributed by atoms with van der Waals surface area (Å²) < 4.78 is 5.95. The predicted molar refractivity (Wildman–Crippen MR) is 133 cm³/mol. The second-order valence-corrected chi connectivity index (χ2v) is 7.48. The molecule has 1 unspecified atom stereocenters. The molecule has 6 heteroatoms. The van der Waals surface area contributed by atoms with Crippen molar-refractivity contribution in [2.45, 2.75) is 19.6 Å². The quantitative estimate of drug-likeness (QED) is 0.299. The first-order valence-electron chi connectivity index (χ1n) is 10.2. The van der Waals surface area contributed by atoms with Gasteiger partial charge in [-0.2, -0.15) is 0 Å². The Morgan fingerprint density at radius 1 is 1.13 bits per heavy atom. The summed E-state index contributed by atoms with van der Waals surface area (Å²) in [5, 5.41) is 5.90. The number of ether oxygens (including phenoxy) is 1. The fraction of sp³-hybridized carbons (Fsp3) is 0.333. The SMILES string of the molecule is CN=C(NCc1nccc2ccccc12)N1CCC(COCc2ccccc2)C1.I. The molecule has 30 heavy (non-hydrogen) atoms. The van der Waals surface area contributed by atoms with E-state index >= 15 is 0 Å². The highest BCUT2D eigenvalue weighted by molar-refractivity contribution is 14.0. The number of nitrogens with one attached hydrogen (secondary N) is 1. The average Bonchev–Trinajstić information content (AvgIpc) is 3.24. The van der Waals surface area contributed by atoms with Crippen molar-refractivity contribution in [1.29, 1.82) is 0 Å². The van der Waals surface area contributed by atoms with Crippen LogP contribution in [0.15, 0.2) is 71.9 Å². The molecule has 158 valence electrons. The minimum Gasteiger partial charge on any atom is -0.376 e. The van der Waals surface area contributed by atoms with E-state index in [4.69, 9.17) is 4.74 Å². The van der Waals surface area contributed by atoms with Crippen LogP contribution in [-0.4, -0.2) is 42.6 Å². The molecule has 1 aromatic heterocycles. The molecule has 2 heterocycles. The molecule has 5 nitrogen and oxygen atoms in total. The maximum absolute atomic E-state index is 5.95. The summed E-state index contributed by atoms with van der Waals surface area (Å²) in [5.74, 6) is 1.47. The number of fused-ring (bicyclic) bond motifs is 1. The summed E-state index contributed by atoms with van der Waals surface area (Å²) in [6.07, 6.45) is 3.00. The zero-order chi connectivity index (χ0) is 19.9. The Labute approximate surface area is 195 Å². The van der Waals surface area contributed by atoms with Gasteiger partial charge in [-0.25, -0.2) is 0 Å². The fourth-order valence-corrected chi connectivity index (χ4v) is 3.90. The Kier molecular flexibility index (Phi) is 8.45. The first-order chi connectivity index (χ1) is 14.3. The Hall–Kier alpha value is -2.19. The van der Waals surface area contributed by atoms with Crippen molar-refractivity contribution in [1.82, 2.24) is 15.2 Å².